The lowest BCUT2D eigenvalue weighted by atomic mass is 10.2. The Hall–Kier alpha value is -3.15. The van der Waals surface area contributed by atoms with E-state index in [4.69, 9.17) is 4.74 Å². The molecule has 27 heavy (non-hydrogen) atoms. The summed E-state index contributed by atoms with van der Waals surface area (Å²) in [4.78, 5) is 31.0. The molecule has 0 spiro atoms. The Morgan fingerprint density at radius 1 is 1.11 bits per heavy atom. The molecule has 0 aliphatic rings. The van der Waals surface area contributed by atoms with Gasteiger partial charge in [-0.1, -0.05) is 30.3 Å². The van der Waals surface area contributed by atoms with E-state index in [-0.39, 0.29) is 18.0 Å². The molecule has 0 saturated carbocycles. The highest BCUT2D eigenvalue weighted by Gasteiger charge is 2.14. The van der Waals surface area contributed by atoms with Crippen molar-refractivity contribution in [3.8, 4) is 5.75 Å². The average molecular weight is 365 g/mol. The SMILES string of the molecule is CN(Cc1nc2ccccc2c(=O)n1C)C(=O)CCCOc1ccccc1. The number of carbonyl (C=O) groups is 1. The molecule has 0 radical (unpaired) electrons. The van der Waals surface area contributed by atoms with Gasteiger partial charge in [-0.05, 0) is 30.7 Å². The molecule has 0 atom stereocenters. The maximum atomic E-state index is 12.4. The maximum Gasteiger partial charge on any atom is 0.261 e. The third-order valence-electron chi connectivity index (χ3n) is 4.43. The van der Waals surface area contributed by atoms with Crippen molar-refractivity contribution in [2.24, 2.45) is 7.05 Å². The van der Waals surface area contributed by atoms with Crippen molar-refractivity contribution in [2.45, 2.75) is 19.4 Å². The fraction of sp³-hybridized carbons (Fsp3) is 0.286. The van der Waals surface area contributed by atoms with Gasteiger partial charge in [-0.2, -0.15) is 0 Å². The molecule has 0 aliphatic carbocycles. The quantitative estimate of drug-likeness (QED) is 0.604. The molecule has 6 heteroatoms. The van der Waals surface area contributed by atoms with Crippen molar-refractivity contribution in [3.05, 3.63) is 70.8 Å². The van der Waals surface area contributed by atoms with Gasteiger partial charge >= 0.3 is 0 Å². The van der Waals surface area contributed by atoms with Crippen LogP contribution in [-0.2, 0) is 18.4 Å². The molecule has 140 valence electrons. The number of para-hydroxylation sites is 2. The van der Waals surface area contributed by atoms with E-state index in [2.05, 4.69) is 4.98 Å². The summed E-state index contributed by atoms with van der Waals surface area (Å²) >= 11 is 0. The number of hydrogen-bond donors (Lipinski definition) is 0. The van der Waals surface area contributed by atoms with E-state index in [1.165, 1.54) is 4.57 Å². The summed E-state index contributed by atoms with van der Waals surface area (Å²) in [6, 6.07) is 16.8. The molecule has 0 fully saturated rings. The first-order valence-electron chi connectivity index (χ1n) is 8.92. The summed E-state index contributed by atoms with van der Waals surface area (Å²) in [5.41, 5.74) is 0.542. The number of amides is 1. The van der Waals surface area contributed by atoms with Gasteiger partial charge in [-0.15, -0.1) is 0 Å². The minimum atomic E-state index is -0.104. The fourth-order valence-electron chi connectivity index (χ4n) is 2.83. The summed E-state index contributed by atoms with van der Waals surface area (Å²) in [6.45, 7) is 0.769. The van der Waals surface area contributed by atoms with Gasteiger partial charge in [0.1, 0.15) is 11.6 Å². The Morgan fingerprint density at radius 2 is 1.81 bits per heavy atom. The second kappa shape index (κ2) is 8.49. The molecule has 1 amide bonds. The van der Waals surface area contributed by atoms with Crippen LogP contribution in [0, 0.1) is 0 Å². The first kappa shape index (κ1) is 18.6. The molecule has 0 saturated heterocycles. The topological polar surface area (TPSA) is 64.4 Å². The molecule has 0 bridgehead atoms. The normalized spacial score (nSPS) is 10.7. The van der Waals surface area contributed by atoms with E-state index >= 15 is 0 Å². The van der Waals surface area contributed by atoms with Crippen LogP contribution in [0.15, 0.2) is 59.4 Å². The molecule has 2 aromatic carbocycles. The number of nitrogens with zero attached hydrogens (tertiary/aromatic N) is 3. The van der Waals surface area contributed by atoms with E-state index < -0.39 is 0 Å². The summed E-state index contributed by atoms with van der Waals surface area (Å²) in [6.07, 6.45) is 1.01. The molecule has 0 N–H and O–H groups in total. The van der Waals surface area contributed by atoms with Gasteiger partial charge in [0.25, 0.3) is 5.56 Å². The number of hydrogen-bond acceptors (Lipinski definition) is 4. The molecule has 3 aromatic rings. The molecule has 1 aromatic heterocycles. The Balaban J connectivity index is 1.57. The van der Waals surface area contributed by atoms with Crippen LogP contribution in [-0.4, -0.2) is 34.0 Å². The summed E-state index contributed by atoms with van der Waals surface area (Å²) < 4.78 is 7.11. The average Bonchev–Trinajstić information content (AvgIpc) is 2.69. The van der Waals surface area contributed by atoms with E-state index in [1.54, 1.807) is 25.1 Å². The van der Waals surface area contributed by atoms with Gasteiger partial charge in [-0.3, -0.25) is 14.2 Å². The van der Waals surface area contributed by atoms with Gasteiger partial charge in [0.15, 0.2) is 0 Å². The molecular weight excluding hydrogens is 342 g/mol. The van der Waals surface area contributed by atoms with Gasteiger partial charge < -0.3 is 9.64 Å². The second-order valence-electron chi connectivity index (χ2n) is 6.42. The van der Waals surface area contributed by atoms with Crippen LogP contribution in [0.3, 0.4) is 0 Å². The van der Waals surface area contributed by atoms with Crippen molar-refractivity contribution >= 4 is 16.8 Å². The number of aromatic nitrogens is 2. The molecule has 3 rings (SSSR count). The number of fused-ring (bicyclic) bond motifs is 1. The largest absolute Gasteiger partial charge is 0.494 e. The van der Waals surface area contributed by atoms with Crippen molar-refractivity contribution in [1.29, 1.82) is 0 Å². The monoisotopic (exact) mass is 365 g/mol. The molecule has 6 nitrogen and oxygen atoms in total. The zero-order valence-electron chi connectivity index (χ0n) is 15.6. The maximum absolute atomic E-state index is 12.4. The first-order valence-corrected chi connectivity index (χ1v) is 8.92. The Bertz CT molecular complexity index is 983. The zero-order valence-corrected chi connectivity index (χ0v) is 15.6. The Labute approximate surface area is 158 Å². The van der Waals surface area contributed by atoms with E-state index in [1.807, 2.05) is 48.5 Å². The lowest BCUT2D eigenvalue weighted by Gasteiger charge is -2.18. The first-order chi connectivity index (χ1) is 13.1. The highest BCUT2D eigenvalue weighted by molar-refractivity contribution is 5.78. The highest BCUT2D eigenvalue weighted by atomic mass is 16.5. The number of benzene rings is 2. The Kier molecular flexibility index (Phi) is 5.86. The van der Waals surface area contributed by atoms with Crippen LogP contribution in [0.25, 0.3) is 10.9 Å². The van der Waals surface area contributed by atoms with Crippen LogP contribution in [0.4, 0.5) is 0 Å². The van der Waals surface area contributed by atoms with Crippen molar-refractivity contribution < 1.29 is 9.53 Å². The van der Waals surface area contributed by atoms with Crippen molar-refractivity contribution in [3.63, 3.8) is 0 Å². The van der Waals surface area contributed by atoms with Crippen LogP contribution < -0.4 is 10.3 Å². The highest BCUT2D eigenvalue weighted by Crippen LogP contribution is 2.11. The fourth-order valence-corrected chi connectivity index (χ4v) is 2.83. The zero-order chi connectivity index (χ0) is 19.2. The standard InChI is InChI=1S/C21H23N3O3/c1-23(20(25)13-8-14-27-16-9-4-3-5-10-16)15-19-22-18-12-7-6-11-17(18)21(26)24(19)2/h3-7,9-12H,8,13-15H2,1-2H3. The summed E-state index contributed by atoms with van der Waals surface area (Å²) in [7, 11) is 3.41. The lowest BCUT2D eigenvalue weighted by molar-refractivity contribution is -0.130. The van der Waals surface area contributed by atoms with Gasteiger partial charge in [-0.25, -0.2) is 4.98 Å². The van der Waals surface area contributed by atoms with Gasteiger partial charge in [0.2, 0.25) is 5.91 Å². The van der Waals surface area contributed by atoms with Gasteiger partial charge in [0.05, 0.1) is 24.1 Å². The molecular formula is C21H23N3O3. The van der Waals surface area contributed by atoms with E-state index in [0.29, 0.717) is 36.2 Å². The smallest absolute Gasteiger partial charge is 0.261 e. The predicted molar refractivity (Wildman–Crippen MR) is 105 cm³/mol. The Morgan fingerprint density at radius 3 is 2.59 bits per heavy atom. The van der Waals surface area contributed by atoms with Crippen molar-refractivity contribution in [1.82, 2.24) is 14.5 Å². The minimum absolute atomic E-state index is 0.00549. The third kappa shape index (κ3) is 4.53. The molecule has 1 heterocycles. The van der Waals surface area contributed by atoms with E-state index in [0.717, 1.165) is 5.75 Å². The third-order valence-corrected chi connectivity index (χ3v) is 4.43. The van der Waals surface area contributed by atoms with E-state index in [9.17, 15) is 9.59 Å². The molecule has 0 unspecified atom stereocenters. The lowest BCUT2D eigenvalue weighted by Crippen LogP contribution is -2.31. The number of ether oxygens (including phenoxy) is 1. The number of carbonyl (C=O) groups excluding carboxylic acids is 1. The summed E-state index contributed by atoms with van der Waals surface area (Å²) in [5, 5.41) is 0.579. The van der Waals surface area contributed by atoms with Crippen molar-refractivity contribution in [2.75, 3.05) is 13.7 Å². The molecule has 0 aliphatic heterocycles. The van der Waals surface area contributed by atoms with Crippen LogP contribution in [0.2, 0.25) is 0 Å². The predicted octanol–water partition coefficient (Wildman–Crippen LogP) is 2.75. The van der Waals surface area contributed by atoms with Crippen LogP contribution in [0.1, 0.15) is 18.7 Å². The van der Waals surface area contributed by atoms with Crippen LogP contribution in [0.5, 0.6) is 5.75 Å². The summed E-state index contributed by atoms with van der Waals surface area (Å²) in [5.74, 6) is 1.36. The van der Waals surface area contributed by atoms with Gasteiger partial charge in [0, 0.05) is 20.5 Å². The second-order valence-corrected chi connectivity index (χ2v) is 6.42. The van der Waals surface area contributed by atoms with Crippen LogP contribution >= 0.6 is 0 Å². The number of rotatable bonds is 7. The minimum Gasteiger partial charge on any atom is -0.494 e.